The van der Waals surface area contributed by atoms with Gasteiger partial charge in [-0.15, -0.1) is 0 Å². The summed E-state index contributed by atoms with van der Waals surface area (Å²) in [6.07, 6.45) is 0.298. The molecule has 0 spiro atoms. The monoisotopic (exact) mass is 302 g/mol. The number of ether oxygens (including phenoxy) is 1. The molecule has 0 aliphatic rings. The van der Waals surface area contributed by atoms with Gasteiger partial charge in [-0.05, 0) is 54.9 Å². The topological polar surface area (TPSA) is 87.7 Å². The molecule has 0 aliphatic heterocycles. The van der Waals surface area contributed by atoms with E-state index >= 15 is 0 Å². The van der Waals surface area contributed by atoms with Crippen molar-refractivity contribution in [3.8, 4) is 11.5 Å². The molecule has 0 saturated heterocycles. The molecule has 22 heavy (non-hydrogen) atoms. The third-order valence-corrected chi connectivity index (χ3v) is 3.23. The summed E-state index contributed by atoms with van der Waals surface area (Å²) in [5.74, 6) is 0.816. The van der Waals surface area contributed by atoms with E-state index in [1.165, 1.54) is 5.56 Å². The number of aliphatic hydroxyl groups is 1. The fourth-order valence-electron chi connectivity index (χ4n) is 1.98. The predicted octanol–water partition coefficient (Wildman–Crippen LogP) is 1.55. The summed E-state index contributed by atoms with van der Waals surface area (Å²) < 4.78 is 5.44. The van der Waals surface area contributed by atoms with Crippen molar-refractivity contribution in [3.63, 3.8) is 0 Å². The van der Waals surface area contributed by atoms with Crippen LogP contribution in [0.15, 0.2) is 48.5 Å². The van der Waals surface area contributed by atoms with E-state index < -0.39 is 6.10 Å². The summed E-state index contributed by atoms with van der Waals surface area (Å²) in [4.78, 5) is 0. The zero-order valence-corrected chi connectivity index (χ0v) is 12.4. The van der Waals surface area contributed by atoms with Crippen molar-refractivity contribution in [2.24, 2.45) is 0 Å². The van der Waals surface area contributed by atoms with E-state index in [1.807, 2.05) is 24.3 Å². The maximum Gasteiger partial charge on any atom is 0.119 e. The number of nitrogens with one attached hydrogen (secondary N) is 1. The smallest absolute Gasteiger partial charge is 0.119 e. The average Bonchev–Trinajstić information content (AvgIpc) is 2.53. The van der Waals surface area contributed by atoms with Gasteiger partial charge < -0.3 is 26.0 Å². The van der Waals surface area contributed by atoms with Crippen LogP contribution in [0.4, 0.5) is 5.69 Å². The normalized spacial score (nSPS) is 12.0. The number of hydrogen-bond acceptors (Lipinski definition) is 5. The number of phenolic OH excluding ortho intramolecular Hbond substituents is 1. The maximum atomic E-state index is 9.85. The second kappa shape index (κ2) is 8.26. The number of anilines is 1. The van der Waals surface area contributed by atoms with Crippen molar-refractivity contribution >= 4 is 5.69 Å². The third kappa shape index (κ3) is 5.63. The highest BCUT2D eigenvalue weighted by molar-refractivity contribution is 5.39. The van der Waals surface area contributed by atoms with Gasteiger partial charge in [0.1, 0.15) is 24.2 Å². The molecule has 0 heterocycles. The Hall–Kier alpha value is -2.24. The van der Waals surface area contributed by atoms with Gasteiger partial charge in [-0.25, -0.2) is 0 Å². The van der Waals surface area contributed by atoms with Crippen molar-refractivity contribution < 1.29 is 14.9 Å². The zero-order valence-electron chi connectivity index (χ0n) is 12.4. The second-order valence-corrected chi connectivity index (χ2v) is 5.15. The van der Waals surface area contributed by atoms with Crippen LogP contribution >= 0.6 is 0 Å². The molecular weight excluding hydrogens is 280 g/mol. The predicted molar refractivity (Wildman–Crippen MR) is 87.0 cm³/mol. The SMILES string of the molecule is Nc1ccc(CCNC[C@H](O)COc2ccc(O)cc2)cc1. The van der Waals surface area contributed by atoms with Gasteiger partial charge >= 0.3 is 0 Å². The third-order valence-electron chi connectivity index (χ3n) is 3.23. The molecule has 0 radical (unpaired) electrons. The summed E-state index contributed by atoms with van der Waals surface area (Å²) in [6, 6.07) is 14.2. The van der Waals surface area contributed by atoms with Crippen LogP contribution in [0.1, 0.15) is 5.56 Å². The number of nitrogen functional groups attached to an aromatic ring is 1. The first-order valence-electron chi connectivity index (χ1n) is 7.28. The van der Waals surface area contributed by atoms with Crippen LogP contribution < -0.4 is 15.8 Å². The van der Waals surface area contributed by atoms with E-state index in [2.05, 4.69) is 5.32 Å². The first-order valence-corrected chi connectivity index (χ1v) is 7.28. The molecule has 0 saturated carbocycles. The molecule has 5 N–H and O–H groups in total. The minimum atomic E-state index is -0.583. The highest BCUT2D eigenvalue weighted by Gasteiger charge is 2.05. The summed E-state index contributed by atoms with van der Waals surface area (Å²) in [5.41, 5.74) is 7.60. The standard InChI is InChI=1S/C17H22N2O3/c18-14-3-1-13(2-4-14)9-10-19-11-16(21)12-22-17-7-5-15(20)6-8-17/h1-8,16,19-21H,9-12,18H2/t16-/m0/s1. The molecule has 2 rings (SSSR count). The maximum absolute atomic E-state index is 9.85. The molecule has 1 atom stereocenters. The van der Waals surface area contributed by atoms with Gasteiger partial charge in [0.2, 0.25) is 0 Å². The number of aromatic hydroxyl groups is 1. The molecule has 5 nitrogen and oxygen atoms in total. The van der Waals surface area contributed by atoms with E-state index in [1.54, 1.807) is 24.3 Å². The zero-order chi connectivity index (χ0) is 15.8. The minimum absolute atomic E-state index is 0.192. The van der Waals surface area contributed by atoms with Crippen LogP contribution in [-0.4, -0.2) is 36.0 Å². The molecule has 2 aromatic carbocycles. The van der Waals surface area contributed by atoms with Gasteiger partial charge in [0.05, 0.1) is 0 Å². The molecule has 0 fully saturated rings. The Bertz CT molecular complexity index is 555. The van der Waals surface area contributed by atoms with E-state index in [0.717, 1.165) is 18.7 Å². The number of hydrogen-bond donors (Lipinski definition) is 4. The Labute approximate surface area is 130 Å². The number of phenols is 1. The fourth-order valence-corrected chi connectivity index (χ4v) is 1.98. The van der Waals surface area contributed by atoms with Crippen molar-refractivity contribution in [3.05, 3.63) is 54.1 Å². The van der Waals surface area contributed by atoms with Crippen LogP contribution in [0, 0.1) is 0 Å². The van der Waals surface area contributed by atoms with Crippen molar-refractivity contribution in [2.75, 3.05) is 25.4 Å². The van der Waals surface area contributed by atoms with Crippen LogP contribution in [0.5, 0.6) is 11.5 Å². The minimum Gasteiger partial charge on any atom is -0.508 e. The molecule has 2 aromatic rings. The molecule has 5 heteroatoms. The van der Waals surface area contributed by atoms with Crippen molar-refractivity contribution in [2.45, 2.75) is 12.5 Å². The lowest BCUT2D eigenvalue weighted by molar-refractivity contribution is 0.106. The number of nitrogens with two attached hydrogens (primary N) is 1. The van der Waals surface area contributed by atoms with Gasteiger partial charge in [0.15, 0.2) is 0 Å². The van der Waals surface area contributed by atoms with Crippen LogP contribution in [0.3, 0.4) is 0 Å². The molecular formula is C17H22N2O3. The Morgan fingerprint density at radius 3 is 2.41 bits per heavy atom. The quantitative estimate of drug-likeness (QED) is 0.439. The van der Waals surface area contributed by atoms with Gasteiger partial charge in [-0.1, -0.05) is 12.1 Å². The van der Waals surface area contributed by atoms with E-state index in [4.69, 9.17) is 15.6 Å². The summed E-state index contributed by atoms with van der Waals surface area (Å²) >= 11 is 0. The highest BCUT2D eigenvalue weighted by atomic mass is 16.5. The number of aliphatic hydroxyl groups excluding tert-OH is 1. The molecule has 0 amide bonds. The molecule has 0 aromatic heterocycles. The van der Waals surface area contributed by atoms with E-state index in [9.17, 15) is 5.11 Å². The fraction of sp³-hybridized carbons (Fsp3) is 0.294. The van der Waals surface area contributed by atoms with Crippen molar-refractivity contribution in [1.29, 1.82) is 0 Å². The van der Waals surface area contributed by atoms with Gasteiger partial charge in [0, 0.05) is 12.2 Å². The number of rotatable bonds is 8. The first-order chi connectivity index (χ1) is 10.6. The Morgan fingerprint density at radius 1 is 1.05 bits per heavy atom. The first kappa shape index (κ1) is 16.1. The van der Waals surface area contributed by atoms with Crippen molar-refractivity contribution in [1.82, 2.24) is 5.32 Å². The summed E-state index contributed by atoms with van der Waals surface area (Å²) in [5, 5.41) is 22.2. The Morgan fingerprint density at radius 2 is 1.73 bits per heavy atom. The van der Waals surface area contributed by atoms with Crippen LogP contribution in [0.25, 0.3) is 0 Å². The highest BCUT2D eigenvalue weighted by Crippen LogP contribution is 2.15. The van der Waals surface area contributed by atoms with Gasteiger partial charge in [0.25, 0.3) is 0 Å². The average molecular weight is 302 g/mol. The summed E-state index contributed by atoms with van der Waals surface area (Å²) in [6.45, 7) is 1.45. The Balaban J connectivity index is 1.60. The molecule has 118 valence electrons. The molecule has 0 aliphatic carbocycles. The summed E-state index contributed by atoms with van der Waals surface area (Å²) in [7, 11) is 0. The lowest BCUT2D eigenvalue weighted by Gasteiger charge is -2.13. The van der Waals surface area contributed by atoms with E-state index in [-0.39, 0.29) is 12.4 Å². The van der Waals surface area contributed by atoms with E-state index in [0.29, 0.717) is 12.3 Å². The lowest BCUT2D eigenvalue weighted by atomic mass is 10.1. The Kier molecular flexibility index (Phi) is 6.06. The van der Waals surface area contributed by atoms with Gasteiger partial charge in [-0.3, -0.25) is 0 Å². The van der Waals surface area contributed by atoms with Crippen LogP contribution in [0.2, 0.25) is 0 Å². The lowest BCUT2D eigenvalue weighted by Crippen LogP contribution is -2.32. The molecule has 0 bridgehead atoms. The number of benzene rings is 2. The largest absolute Gasteiger partial charge is 0.508 e. The van der Waals surface area contributed by atoms with Crippen LogP contribution in [-0.2, 0) is 6.42 Å². The molecule has 0 unspecified atom stereocenters. The second-order valence-electron chi connectivity index (χ2n) is 5.15. The van der Waals surface area contributed by atoms with Gasteiger partial charge in [-0.2, -0.15) is 0 Å².